The largest absolute Gasteiger partial charge is 0.507 e. The third-order valence-corrected chi connectivity index (χ3v) is 5.00. The lowest BCUT2D eigenvalue weighted by Crippen LogP contribution is -2.45. The minimum Gasteiger partial charge on any atom is -0.507 e. The standard InChI is InChI=1S/C16H21N3O4S/c20-16-11-14(24(21,22)23)9-12-1-2-13(10-15(12)16)18-5-8-19-6-3-17-4-7-19/h1-2,9-11,17-18,20H,3-8H2,(H,21,22,23). The molecule has 1 heterocycles. The van der Waals surface area contributed by atoms with Crippen LogP contribution in [0.3, 0.4) is 0 Å². The highest BCUT2D eigenvalue weighted by atomic mass is 32.2. The molecule has 0 aromatic heterocycles. The number of fused-ring (bicyclic) bond motifs is 1. The number of aromatic hydroxyl groups is 1. The van der Waals surface area contributed by atoms with Gasteiger partial charge in [0.1, 0.15) is 5.75 Å². The maximum Gasteiger partial charge on any atom is 0.294 e. The quantitative estimate of drug-likeness (QED) is 0.599. The average Bonchev–Trinajstić information content (AvgIpc) is 2.55. The number of phenolic OH excluding ortho intramolecular Hbond substituents is 1. The molecule has 130 valence electrons. The molecule has 0 bridgehead atoms. The number of anilines is 1. The molecule has 0 amide bonds. The minimum atomic E-state index is -4.34. The third-order valence-electron chi connectivity index (χ3n) is 4.17. The molecule has 24 heavy (non-hydrogen) atoms. The lowest BCUT2D eigenvalue weighted by Gasteiger charge is -2.27. The van der Waals surface area contributed by atoms with E-state index < -0.39 is 10.1 Å². The molecule has 0 saturated carbocycles. The predicted octanol–water partition coefficient (Wildman–Crippen LogP) is 1.11. The van der Waals surface area contributed by atoms with Crippen molar-refractivity contribution in [3.05, 3.63) is 30.3 Å². The zero-order valence-corrected chi connectivity index (χ0v) is 14.0. The SMILES string of the molecule is O=S(=O)(O)c1cc(O)c2cc(NCCN3CCNCC3)ccc2c1. The Morgan fingerprint density at radius 2 is 1.92 bits per heavy atom. The molecule has 1 saturated heterocycles. The van der Waals surface area contributed by atoms with E-state index in [4.69, 9.17) is 4.55 Å². The Hall–Kier alpha value is -1.87. The number of rotatable bonds is 5. The summed E-state index contributed by atoms with van der Waals surface area (Å²) < 4.78 is 31.5. The van der Waals surface area contributed by atoms with E-state index in [1.54, 1.807) is 12.1 Å². The number of hydrogen-bond acceptors (Lipinski definition) is 6. The van der Waals surface area contributed by atoms with Gasteiger partial charge in [-0.25, -0.2) is 0 Å². The van der Waals surface area contributed by atoms with Gasteiger partial charge in [-0.05, 0) is 23.6 Å². The highest BCUT2D eigenvalue weighted by molar-refractivity contribution is 7.85. The van der Waals surface area contributed by atoms with Crippen molar-refractivity contribution in [2.24, 2.45) is 0 Å². The van der Waals surface area contributed by atoms with Crippen molar-refractivity contribution in [3.63, 3.8) is 0 Å². The van der Waals surface area contributed by atoms with Crippen LogP contribution in [-0.2, 0) is 10.1 Å². The second-order valence-electron chi connectivity index (χ2n) is 5.87. The van der Waals surface area contributed by atoms with Gasteiger partial charge >= 0.3 is 0 Å². The van der Waals surface area contributed by atoms with Crippen molar-refractivity contribution in [1.82, 2.24) is 10.2 Å². The number of benzene rings is 2. The highest BCUT2D eigenvalue weighted by Gasteiger charge is 2.14. The van der Waals surface area contributed by atoms with E-state index in [1.807, 2.05) is 6.07 Å². The first-order chi connectivity index (χ1) is 11.4. The fourth-order valence-electron chi connectivity index (χ4n) is 2.86. The lowest BCUT2D eigenvalue weighted by molar-refractivity contribution is 0.249. The lowest BCUT2D eigenvalue weighted by atomic mass is 10.1. The molecule has 1 aliphatic heterocycles. The topological polar surface area (TPSA) is 102 Å². The predicted molar refractivity (Wildman–Crippen MR) is 93.2 cm³/mol. The molecule has 0 radical (unpaired) electrons. The first-order valence-corrected chi connectivity index (χ1v) is 9.29. The zero-order chi connectivity index (χ0) is 17.2. The zero-order valence-electron chi connectivity index (χ0n) is 13.2. The van der Waals surface area contributed by atoms with Crippen LogP contribution in [0.1, 0.15) is 0 Å². The van der Waals surface area contributed by atoms with Crippen LogP contribution >= 0.6 is 0 Å². The molecule has 1 fully saturated rings. The summed E-state index contributed by atoms with van der Waals surface area (Å²) in [6.07, 6.45) is 0. The molecule has 2 aromatic rings. The molecule has 0 unspecified atom stereocenters. The highest BCUT2D eigenvalue weighted by Crippen LogP contribution is 2.30. The van der Waals surface area contributed by atoms with Gasteiger partial charge in [0.15, 0.2) is 0 Å². The molecule has 4 N–H and O–H groups in total. The molecular formula is C16H21N3O4S. The second kappa shape index (κ2) is 6.94. The van der Waals surface area contributed by atoms with Crippen molar-refractivity contribution in [2.75, 3.05) is 44.6 Å². The molecule has 3 rings (SSSR count). The van der Waals surface area contributed by atoms with E-state index in [0.717, 1.165) is 51.0 Å². The van der Waals surface area contributed by atoms with E-state index in [0.29, 0.717) is 10.8 Å². The molecule has 2 aromatic carbocycles. The van der Waals surface area contributed by atoms with Gasteiger partial charge in [-0.1, -0.05) is 6.07 Å². The summed E-state index contributed by atoms with van der Waals surface area (Å²) in [4.78, 5) is 2.06. The summed E-state index contributed by atoms with van der Waals surface area (Å²) in [5.74, 6) is -0.175. The summed E-state index contributed by atoms with van der Waals surface area (Å²) in [5, 5.41) is 17.8. The molecule has 7 nitrogen and oxygen atoms in total. The number of phenols is 1. The van der Waals surface area contributed by atoms with Crippen LogP contribution in [0.5, 0.6) is 5.75 Å². The maximum atomic E-state index is 11.2. The van der Waals surface area contributed by atoms with Crippen LogP contribution in [0, 0.1) is 0 Å². The Bertz CT molecular complexity index is 833. The Labute approximate surface area is 141 Å². The molecule has 1 aliphatic rings. The van der Waals surface area contributed by atoms with Crippen LogP contribution in [-0.4, -0.2) is 62.2 Å². The number of nitrogens with one attached hydrogen (secondary N) is 2. The van der Waals surface area contributed by atoms with Crippen molar-refractivity contribution >= 4 is 26.6 Å². The van der Waals surface area contributed by atoms with Gasteiger partial charge in [-0.15, -0.1) is 0 Å². The first kappa shape index (κ1) is 17.0. The maximum absolute atomic E-state index is 11.2. The molecule has 0 atom stereocenters. The van der Waals surface area contributed by atoms with Crippen LogP contribution in [0.25, 0.3) is 10.8 Å². The average molecular weight is 351 g/mol. The van der Waals surface area contributed by atoms with Gasteiger partial charge in [0, 0.05) is 56.4 Å². The van der Waals surface area contributed by atoms with Crippen LogP contribution in [0.4, 0.5) is 5.69 Å². The second-order valence-corrected chi connectivity index (χ2v) is 7.29. The summed E-state index contributed by atoms with van der Waals surface area (Å²) in [7, 11) is -4.34. The van der Waals surface area contributed by atoms with E-state index in [1.165, 1.54) is 6.07 Å². The normalized spacial score (nSPS) is 16.4. The molecule has 0 aliphatic carbocycles. The number of hydrogen-bond donors (Lipinski definition) is 4. The molecular weight excluding hydrogens is 330 g/mol. The third kappa shape index (κ3) is 3.96. The Morgan fingerprint density at radius 1 is 1.17 bits per heavy atom. The van der Waals surface area contributed by atoms with Crippen molar-refractivity contribution in [3.8, 4) is 5.75 Å². The van der Waals surface area contributed by atoms with E-state index in [9.17, 15) is 13.5 Å². The molecule has 8 heteroatoms. The van der Waals surface area contributed by atoms with Crippen molar-refractivity contribution in [2.45, 2.75) is 4.90 Å². The van der Waals surface area contributed by atoms with Crippen molar-refractivity contribution in [1.29, 1.82) is 0 Å². The van der Waals surface area contributed by atoms with Crippen LogP contribution in [0.2, 0.25) is 0 Å². The first-order valence-electron chi connectivity index (χ1n) is 7.85. The van der Waals surface area contributed by atoms with Gasteiger partial charge in [0.05, 0.1) is 4.90 Å². The summed E-state index contributed by atoms with van der Waals surface area (Å²) in [5.41, 5.74) is 0.854. The van der Waals surface area contributed by atoms with Gasteiger partial charge in [-0.2, -0.15) is 8.42 Å². The minimum absolute atomic E-state index is 0.175. The summed E-state index contributed by atoms with van der Waals surface area (Å²) >= 11 is 0. The Balaban J connectivity index is 1.72. The summed E-state index contributed by atoms with van der Waals surface area (Å²) in [6.45, 7) is 5.83. The van der Waals surface area contributed by atoms with E-state index in [2.05, 4.69) is 15.5 Å². The van der Waals surface area contributed by atoms with Gasteiger partial charge < -0.3 is 15.7 Å². The number of nitrogens with zero attached hydrogens (tertiary/aromatic N) is 1. The number of piperazine rings is 1. The summed E-state index contributed by atoms with van der Waals surface area (Å²) in [6, 6.07) is 7.72. The Morgan fingerprint density at radius 3 is 2.62 bits per heavy atom. The van der Waals surface area contributed by atoms with Gasteiger partial charge in [0.25, 0.3) is 10.1 Å². The van der Waals surface area contributed by atoms with E-state index >= 15 is 0 Å². The van der Waals surface area contributed by atoms with Gasteiger partial charge in [-0.3, -0.25) is 9.45 Å². The van der Waals surface area contributed by atoms with E-state index in [-0.39, 0.29) is 10.6 Å². The molecule has 0 spiro atoms. The van der Waals surface area contributed by atoms with Gasteiger partial charge in [0.2, 0.25) is 0 Å². The fraction of sp³-hybridized carbons (Fsp3) is 0.375. The van der Waals surface area contributed by atoms with Crippen LogP contribution < -0.4 is 10.6 Å². The monoisotopic (exact) mass is 351 g/mol. The van der Waals surface area contributed by atoms with Crippen molar-refractivity contribution < 1.29 is 18.1 Å². The fourth-order valence-corrected chi connectivity index (χ4v) is 3.40. The van der Waals surface area contributed by atoms with Crippen LogP contribution in [0.15, 0.2) is 35.2 Å². The Kier molecular flexibility index (Phi) is 4.91. The smallest absolute Gasteiger partial charge is 0.294 e.